The summed E-state index contributed by atoms with van der Waals surface area (Å²) in [6.07, 6.45) is 7.96. The van der Waals surface area contributed by atoms with Crippen LogP contribution in [0.25, 0.3) is 0 Å². The number of allylic oxidation sites excluding steroid dienone is 3. The van der Waals surface area contributed by atoms with Crippen LogP contribution in [0, 0.1) is 0 Å². The molecule has 0 saturated carbocycles. The Hall–Kier alpha value is -1.22. The lowest BCUT2D eigenvalue weighted by atomic mass is 10.2. The fourth-order valence-corrected chi connectivity index (χ4v) is 0.891. The second-order valence-corrected chi connectivity index (χ2v) is 1.93. The number of rotatable bonds is 0. The highest BCUT2D eigenvalue weighted by atomic mass is 15.6. The summed E-state index contributed by atoms with van der Waals surface area (Å²) in [7, 11) is 0. The standard InChI is InChI=1S/C6H7N3/c1-2-5-4-7-9-8-6(5)3-1/h1-4,7-9H. The summed E-state index contributed by atoms with van der Waals surface area (Å²) >= 11 is 0. The van der Waals surface area contributed by atoms with Gasteiger partial charge in [0.05, 0.1) is 5.70 Å². The van der Waals surface area contributed by atoms with Crippen molar-refractivity contribution in [2.75, 3.05) is 0 Å². The highest BCUT2D eigenvalue weighted by Gasteiger charge is 2.07. The lowest BCUT2D eigenvalue weighted by molar-refractivity contribution is 0.529. The summed E-state index contributed by atoms with van der Waals surface area (Å²) in [5, 5.41) is 0. The summed E-state index contributed by atoms with van der Waals surface area (Å²) in [6.45, 7) is 0. The van der Waals surface area contributed by atoms with E-state index in [1.54, 1.807) is 0 Å². The summed E-state index contributed by atoms with van der Waals surface area (Å²) in [5.74, 6) is 0. The highest BCUT2D eigenvalue weighted by Crippen LogP contribution is 2.14. The lowest BCUT2D eigenvalue weighted by Gasteiger charge is -2.15. The van der Waals surface area contributed by atoms with Crippen LogP contribution in [-0.4, -0.2) is 0 Å². The zero-order valence-electron chi connectivity index (χ0n) is 4.81. The van der Waals surface area contributed by atoms with Crippen LogP contribution in [0.1, 0.15) is 0 Å². The van der Waals surface area contributed by atoms with Gasteiger partial charge in [-0.05, 0) is 6.08 Å². The van der Waals surface area contributed by atoms with Gasteiger partial charge in [0.1, 0.15) is 0 Å². The Morgan fingerprint density at radius 2 is 2.33 bits per heavy atom. The van der Waals surface area contributed by atoms with Crippen LogP contribution in [0.3, 0.4) is 0 Å². The Morgan fingerprint density at radius 3 is 3.22 bits per heavy atom. The zero-order chi connectivity index (χ0) is 6.10. The Bertz CT molecular complexity index is 212. The van der Waals surface area contributed by atoms with Gasteiger partial charge in [0.15, 0.2) is 0 Å². The molecule has 0 saturated heterocycles. The van der Waals surface area contributed by atoms with Crippen LogP contribution in [0.5, 0.6) is 0 Å². The van der Waals surface area contributed by atoms with Gasteiger partial charge >= 0.3 is 0 Å². The van der Waals surface area contributed by atoms with Crippen LogP contribution in [0.2, 0.25) is 0 Å². The molecule has 2 aliphatic rings. The molecule has 9 heavy (non-hydrogen) atoms. The Kier molecular flexibility index (Phi) is 0.841. The molecule has 46 valence electrons. The summed E-state index contributed by atoms with van der Waals surface area (Å²) < 4.78 is 0. The van der Waals surface area contributed by atoms with E-state index in [-0.39, 0.29) is 0 Å². The van der Waals surface area contributed by atoms with Crippen molar-refractivity contribution >= 4 is 0 Å². The smallest absolute Gasteiger partial charge is 0.0592 e. The van der Waals surface area contributed by atoms with Crippen LogP contribution in [-0.2, 0) is 0 Å². The summed E-state index contributed by atoms with van der Waals surface area (Å²) in [4.78, 5) is 0. The zero-order valence-corrected chi connectivity index (χ0v) is 4.81. The van der Waals surface area contributed by atoms with Crippen LogP contribution in [0.4, 0.5) is 0 Å². The molecule has 0 radical (unpaired) electrons. The first-order chi connectivity index (χ1) is 4.47. The predicted octanol–water partition coefficient (Wildman–Crippen LogP) is -0.0636. The molecule has 0 atom stereocenters. The van der Waals surface area contributed by atoms with Gasteiger partial charge in [-0.3, -0.25) is 0 Å². The van der Waals surface area contributed by atoms with Gasteiger partial charge in [-0.25, -0.2) is 0 Å². The van der Waals surface area contributed by atoms with Crippen molar-refractivity contribution in [2.24, 2.45) is 0 Å². The molecule has 1 heterocycles. The Labute approximate surface area is 53.1 Å². The van der Waals surface area contributed by atoms with Crippen molar-refractivity contribution in [1.29, 1.82) is 0 Å². The molecule has 0 aromatic rings. The largest absolute Gasteiger partial charge is 0.311 e. The van der Waals surface area contributed by atoms with Gasteiger partial charge in [0, 0.05) is 11.8 Å². The first-order valence-electron chi connectivity index (χ1n) is 2.82. The molecule has 0 spiro atoms. The molecule has 2 rings (SSSR count). The molecule has 0 bridgehead atoms. The number of hydrogen-bond acceptors (Lipinski definition) is 3. The number of nitrogens with one attached hydrogen (secondary N) is 3. The van der Waals surface area contributed by atoms with E-state index < -0.39 is 0 Å². The van der Waals surface area contributed by atoms with Crippen LogP contribution >= 0.6 is 0 Å². The lowest BCUT2D eigenvalue weighted by Crippen LogP contribution is -2.43. The first-order valence-corrected chi connectivity index (χ1v) is 2.82. The molecule has 0 amide bonds. The van der Waals surface area contributed by atoms with Gasteiger partial charge in [0.2, 0.25) is 0 Å². The maximum Gasteiger partial charge on any atom is 0.0592 e. The third-order valence-corrected chi connectivity index (χ3v) is 1.35. The van der Waals surface area contributed by atoms with Crippen molar-refractivity contribution in [2.45, 2.75) is 0 Å². The molecule has 0 unspecified atom stereocenters. The fraction of sp³-hybridized carbons (Fsp3) is 0. The average Bonchev–Trinajstić information content (AvgIpc) is 2.33. The molecule has 3 heteroatoms. The number of hydrogen-bond donors (Lipinski definition) is 3. The minimum Gasteiger partial charge on any atom is -0.311 e. The molecule has 0 fully saturated rings. The second kappa shape index (κ2) is 1.63. The average molecular weight is 121 g/mol. The van der Waals surface area contributed by atoms with Crippen molar-refractivity contribution in [1.82, 2.24) is 16.4 Å². The molecule has 3 nitrogen and oxygen atoms in total. The SMILES string of the molecule is C1=CC2=CNNNC2=C1. The minimum absolute atomic E-state index is 1.12. The Morgan fingerprint density at radius 1 is 1.33 bits per heavy atom. The van der Waals surface area contributed by atoms with Crippen molar-refractivity contribution in [3.63, 3.8) is 0 Å². The maximum atomic E-state index is 2.95. The topological polar surface area (TPSA) is 36.1 Å². The number of fused-ring (bicyclic) bond motifs is 1. The third-order valence-electron chi connectivity index (χ3n) is 1.35. The maximum absolute atomic E-state index is 2.95. The summed E-state index contributed by atoms with van der Waals surface area (Å²) in [6, 6.07) is 0. The molecule has 1 aliphatic heterocycles. The van der Waals surface area contributed by atoms with E-state index >= 15 is 0 Å². The second-order valence-electron chi connectivity index (χ2n) is 1.93. The molecule has 0 aromatic heterocycles. The summed E-state index contributed by atoms with van der Waals surface area (Å²) in [5.41, 5.74) is 10.9. The van der Waals surface area contributed by atoms with E-state index in [1.807, 2.05) is 24.4 Å². The predicted molar refractivity (Wildman–Crippen MR) is 34.7 cm³/mol. The van der Waals surface area contributed by atoms with Gasteiger partial charge < -0.3 is 10.9 Å². The molecular weight excluding hydrogens is 114 g/mol. The monoisotopic (exact) mass is 121 g/mol. The van der Waals surface area contributed by atoms with Crippen LogP contribution in [0.15, 0.2) is 35.7 Å². The van der Waals surface area contributed by atoms with Crippen molar-refractivity contribution < 1.29 is 0 Å². The highest BCUT2D eigenvalue weighted by molar-refractivity contribution is 5.47. The third kappa shape index (κ3) is 0.622. The molecule has 1 aliphatic carbocycles. The van der Waals surface area contributed by atoms with E-state index in [1.165, 1.54) is 5.57 Å². The van der Waals surface area contributed by atoms with Crippen molar-refractivity contribution in [3.8, 4) is 0 Å². The molecule has 0 aromatic carbocycles. The van der Waals surface area contributed by atoms with Crippen LogP contribution < -0.4 is 16.4 Å². The van der Waals surface area contributed by atoms with E-state index in [4.69, 9.17) is 0 Å². The first kappa shape index (κ1) is 4.64. The Balaban J connectivity index is 2.38. The van der Waals surface area contributed by atoms with Gasteiger partial charge in [-0.15, -0.1) is 0 Å². The number of hydrazine groups is 2. The normalized spacial score (nSPS) is 21.3. The van der Waals surface area contributed by atoms with E-state index in [0.717, 1.165) is 5.70 Å². The van der Waals surface area contributed by atoms with Gasteiger partial charge in [0.25, 0.3) is 0 Å². The van der Waals surface area contributed by atoms with Crippen molar-refractivity contribution in [3.05, 3.63) is 35.7 Å². The van der Waals surface area contributed by atoms with E-state index in [9.17, 15) is 0 Å². The van der Waals surface area contributed by atoms with Gasteiger partial charge in [-0.2, -0.15) is 5.53 Å². The van der Waals surface area contributed by atoms with E-state index in [0.29, 0.717) is 0 Å². The quantitative estimate of drug-likeness (QED) is 0.420. The fourth-order valence-electron chi connectivity index (χ4n) is 0.891. The minimum atomic E-state index is 1.12. The van der Waals surface area contributed by atoms with E-state index in [2.05, 4.69) is 16.4 Å². The molecular formula is C6H7N3. The molecule has 3 N–H and O–H groups in total. The van der Waals surface area contributed by atoms with Gasteiger partial charge in [-0.1, -0.05) is 12.2 Å².